The Morgan fingerprint density at radius 2 is 2.03 bits per heavy atom. The Labute approximate surface area is 208 Å². The second-order valence-corrected chi connectivity index (χ2v) is 10.7. The van der Waals surface area contributed by atoms with Gasteiger partial charge in [0.1, 0.15) is 0 Å². The van der Waals surface area contributed by atoms with E-state index in [0.717, 1.165) is 61.1 Å². The van der Waals surface area contributed by atoms with Crippen molar-refractivity contribution in [1.82, 2.24) is 19.7 Å². The van der Waals surface area contributed by atoms with Crippen LogP contribution < -0.4 is 0 Å². The van der Waals surface area contributed by atoms with Crippen LogP contribution in [0.5, 0.6) is 0 Å². The summed E-state index contributed by atoms with van der Waals surface area (Å²) in [7, 11) is 1.94. The molecule has 2 fully saturated rings. The number of hydrogen-bond donors (Lipinski definition) is 1. The van der Waals surface area contributed by atoms with Crippen LogP contribution in [0, 0.1) is 5.41 Å². The standard InChI is InChI=1S/C24H30F3N5S2/c1-4-28-16(2)20(33)21-29-30-22(31(21)3)34-13-5-11-32-12-10-23(15-32)14-19(23)17-6-8-18(9-7-17)24(25,26)27/h4,6-9,19,33H,5,10-15H2,1-3H3/b20-16-,28-4-/t19-,23-/m0/s1. The predicted octanol–water partition coefficient (Wildman–Crippen LogP) is 5.90. The van der Waals surface area contributed by atoms with Crippen LogP contribution in [0.1, 0.15) is 56.0 Å². The number of aromatic nitrogens is 3. The summed E-state index contributed by atoms with van der Waals surface area (Å²) in [5.74, 6) is 2.03. The largest absolute Gasteiger partial charge is 0.416 e. The molecule has 1 aliphatic heterocycles. The fraction of sp³-hybridized carbons (Fsp3) is 0.542. The van der Waals surface area contributed by atoms with Crippen molar-refractivity contribution in [2.45, 2.75) is 50.4 Å². The molecule has 1 spiro atoms. The number of nitrogens with zero attached hydrogens (tertiary/aromatic N) is 5. The summed E-state index contributed by atoms with van der Waals surface area (Å²) in [5.41, 5.74) is 1.52. The lowest BCUT2D eigenvalue weighted by atomic mass is 9.97. The number of hydrogen-bond acceptors (Lipinski definition) is 6. The molecule has 0 N–H and O–H groups in total. The minimum absolute atomic E-state index is 0.250. The number of rotatable bonds is 8. The fourth-order valence-corrected chi connectivity index (χ4v) is 5.95. The molecule has 1 aliphatic carbocycles. The maximum Gasteiger partial charge on any atom is 0.416 e. The zero-order valence-corrected chi connectivity index (χ0v) is 21.4. The number of aliphatic imine (C=N–C) groups is 1. The number of benzene rings is 1. The van der Waals surface area contributed by atoms with Gasteiger partial charge < -0.3 is 9.47 Å². The number of halogens is 3. The lowest BCUT2D eigenvalue weighted by molar-refractivity contribution is -0.137. The molecule has 2 atom stereocenters. The number of allylic oxidation sites excluding steroid dienone is 1. The molecule has 10 heteroatoms. The molecule has 5 nitrogen and oxygen atoms in total. The highest BCUT2D eigenvalue weighted by Crippen LogP contribution is 2.64. The molecule has 2 aliphatic rings. The SMILES string of the molecule is C/C=N\C(C)=C(/S)c1nnc(SCCCN2CC[C@]3(C[C@H]3c3ccc(C(F)(F)F)cc3)C2)n1C. The molecular formula is C24H30F3N5S2. The summed E-state index contributed by atoms with van der Waals surface area (Å²) in [6.45, 7) is 6.86. The topological polar surface area (TPSA) is 46.3 Å². The van der Waals surface area contributed by atoms with Crippen molar-refractivity contribution >= 4 is 35.5 Å². The van der Waals surface area contributed by atoms with Gasteiger partial charge in [-0.25, -0.2) is 0 Å². The number of thioether (sulfide) groups is 1. The minimum Gasteiger partial charge on any atom is -0.305 e. The van der Waals surface area contributed by atoms with Crippen LogP contribution in [0.4, 0.5) is 13.2 Å². The van der Waals surface area contributed by atoms with Crippen molar-refractivity contribution in [1.29, 1.82) is 0 Å². The fourth-order valence-electron chi connectivity index (χ4n) is 4.86. The third-order valence-corrected chi connectivity index (χ3v) is 8.49. The van der Waals surface area contributed by atoms with Gasteiger partial charge >= 0.3 is 6.18 Å². The highest BCUT2D eigenvalue weighted by atomic mass is 32.2. The molecule has 2 aromatic rings. The lowest BCUT2D eigenvalue weighted by Crippen LogP contribution is -2.23. The first-order chi connectivity index (χ1) is 16.1. The van der Waals surface area contributed by atoms with Crippen molar-refractivity contribution in [3.8, 4) is 0 Å². The Morgan fingerprint density at radius 1 is 1.29 bits per heavy atom. The zero-order valence-electron chi connectivity index (χ0n) is 19.6. The predicted molar refractivity (Wildman–Crippen MR) is 134 cm³/mol. The first-order valence-electron chi connectivity index (χ1n) is 11.5. The van der Waals surface area contributed by atoms with Gasteiger partial charge in [-0.2, -0.15) is 13.2 Å². The Bertz CT molecular complexity index is 1080. The summed E-state index contributed by atoms with van der Waals surface area (Å²) < 4.78 is 40.4. The molecule has 1 saturated carbocycles. The van der Waals surface area contributed by atoms with Gasteiger partial charge in [0.25, 0.3) is 0 Å². The van der Waals surface area contributed by atoms with Gasteiger partial charge in [-0.05, 0) is 75.2 Å². The van der Waals surface area contributed by atoms with E-state index in [-0.39, 0.29) is 5.41 Å². The molecule has 34 heavy (non-hydrogen) atoms. The van der Waals surface area contributed by atoms with E-state index in [0.29, 0.717) is 16.6 Å². The molecule has 1 saturated heterocycles. The van der Waals surface area contributed by atoms with Gasteiger partial charge in [0.2, 0.25) is 0 Å². The maximum absolute atomic E-state index is 12.8. The minimum atomic E-state index is -4.28. The van der Waals surface area contributed by atoms with E-state index in [4.69, 9.17) is 0 Å². The molecule has 1 aromatic carbocycles. The van der Waals surface area contributed by atoms with E-state index in [9.17, 15) is 13.2 Å². The number of likely N-dealkylation sites (tertiary alicyclic amines) is 1. The molecule has 2 heterocycles. The van der Waals surface area contributed by atoms with E-state index in [1.165, 1.54) is 12.1 Å². The monoisotopic (exact) mass is 509 g/mol. The Balaban J connectivity index is 1.24. The van der Waals surface area contributed by atoms with Gasteiger partial charge in [0.15, 0.2) is 11.0 Å². The molecular weight excluding hydrogens is 479 g/mol. The first kappa shape index (κ1) is 25.3. The van der Waals surface area contributed by atoms with Crippen molar-refractivity contribution in [3.05, 3.63) is 46.9 Å². The van der Waals surface area contributed by atoms with E-state index >= 15 is 0 Å². The summed E-state index contributed by atoms with van der Waals surface area (Å²) in [6, 6.07) is 5.76. The molecule has 0 unspecified atom stereocenters. The maximum atomic E-state index is 12.8. The highest BCUT2D eigenvalue weighted by molar-refractivity contribution is 7.99. The number of thiol groups is 1. The van der Waals surface area contributed by atoms with E-state index < -0.39 is 11.7 Å². The van der Waals surface area contributed by atoms with Crippen molar-refractivity contribution < 1.29 is 13.2 Å². The van der Waals surface area contributed by atoms with Gasteiger partial charge in [-0.15, -0.1) is 22.8 Å². The van der Waals surface area contributed by atoms with Crippen LogP contribution in [0.15, 0.2) is 40.1 Å². The average Bonchev–Trinajstić information content (AvgIpc) is 3.14. The second kappa shape index (κ2) is 10.1. The van der Waals surface area contributed by atoms with Crippen molar-refractivity contribution in [3.63, 3.8) is 0 Å². The first-order valence-corrected chi connectivity index (χ1v) is 12.9. The smallest absolute Gasteiger partial charge is 0.305 e. The Kier molecular flexibility index (Phi) is 7.50. The van der Waals surface area contributed by atoms with Crippen molar-refractivity contribution in [2.75, 3.05) is 25.4 Å². The van der Waals surface area contributed by atoms with Crippen LogP contribution in [-0.2, 0) is 13.2 Å². The van der Waals surface area contributed by atoms with Gasteiger partial charge in [0.05, 0.1) is 16.2 Å². The van der Waals surface area contributed by atoms with E-state index in [1.54, 1.807) is 30.1 Å². The molecule has 184 valence electrons. The van der Waals surface area contributed by atoms with Crippen LogP contribution >= 0.6 is 24.4 Å². The Hall–Kier alpha value is -1.78. The lowest BCUT2D eigenvalue weighted by Gasteiger charge is -2.16. The zero-order chi connectivity index (χ0) is 24.5. The van der Waals surface area contributed by atoms with Crippen molar-refractivity contribution in [2.24, 2.45) is 17.5 Å². The summed E-state index contributed by atoms with van der Waals surface area (Å²) in [4.78, 5) is 7.48. The second-order valence-electron chi connectivity index (χ2n) is 9.15. The van der Waals surface area contributed by atoms with Gasteiger partial charge in [-0.1, -0.05) is 23.9 Å². The van der Waals surface area contributed by atoms with Gasteiger partial charge in [0, 0.05) is 25.6 Å². The molecule has 4 rings (SSSR count). The van der Waals surface area contributed by atoms with Crippen LogP contribution in [0.3, 0.4) is 0 Å². The Morgan fingerprint density at radius 3 is 2.71 bits per heavy atom. The number of alkyl halides is 3. The third-order valence-electron chi connectivity index (χ3n) is 6.86. The summed E-state index contributed by atoms with van der Waals surface area (Å²) in [6.07, 6.45) is 0.689. The molecule has 0 amide bonds. The third kappa shape index (κ3) is 5.39. The average molecular weight is 510 g/mol. The van der Waals surface area contributed by atoms with E-state index in [1.807, 2.05) is 25.5 Å². The molecule has 1 aromatic heterocycles. The van der Waals surface area contributed by atoms with Crippen LogP contribution in [-0.4, -0.2) is 51.3 Å². The molecule has 0 bridgehead atoms. The normalized spacial score (nSPS) is 23.8. The van der Waals surface area contributed by atoms with Gasteiger partial charge in [-0.3, -0.25) is 4.99 Å². The molecule has 0 radical (unpaired) electrons. The van der Waals surface area contributed by atoms with Crippen LogP contribution in [0.2, 0.25) is 0 Å². The highest BCUT2D eigenvalue weighted by Gasteiger charge is 2.57. The summed E-state index contributed by atoms with van der Waals surface area (Å²) >= 11 is 6.24. The van der Waals surface area contributed by atoms with E-state index in [2.05, 4.69) is 32.7 Å². The quantitative estimate of drug-likeness (QED) is 0.208. The van der Waals surface area contributed by atoms with Crippen LogP contribution in [0.25, 0.3) is 4.91 Å². The summed E-state index contributed by atoms with van der Waals surface area (Å²) in [5, 5.41) is 9.43.